The fourth-order valence-electron chi connectivity index (χ4n) is 16.5. The number of nitrogens with zero attached hydrogens (tertiary/aromatic N) is 2. The molecule has 3 heterocycles. The van der Waals surface area contributed by atoms with Crippen LogP contribution in [0.5, 0.6) is 0 Å². The van der Waals surface area contributed by atoms with Crippen LogP contribution in [0, 0.1) is 23.2 Å². The van der Waals surface area contributed by atoms with Crippen molar-refractivity contribution in [1.82, 2.24) is 4.57 Å². The van der Waals surface area contributed by atoms with Crippen LogP contribution >= 0.6 is 11.8 Å². The lowest BCUT2D eigenvalue weighted by molar-refractivity contribution is -0.198. The van der Waals surface area contributed by atoms with E-state index in [1.165, 1.54) is 131 Å². The van der Waals surface area contributed by atoms with Gasteiger partial charge in [0.05, 0.1) is 33.5 Å². The van der Waals surface area contributed by atoms with Crippen molar-refractivity contribution in [1.29, 1.82) is 0 Å². The molecule has 0 radical (unpaired) electrons. The van der Waals surface area contributed by atoms with Crippen LogP contribution in [0.1, 0.15) is 84.9 Å². The fraction of sp³-hybridized carbons (Fsp3) is 0.226. The zero-order valence-electron chi connectivity index (χ0n) is 36.8. The number of rotatable bonds is 4. The lowest BCUT2D eigenvalue weighted by Gasteiger charge is -2.73. The summed E-state index contributed by atoms with van der Waals surface area (Å²) in [7, 11) is 0. The molecule has 4 saturated carbocycles. The van der Waals surface area contributed by atoms with E-state index in [4.69, 9.17) is 0 Å². The highest BCUT2D eigenvalue weighted by molar-refractivity contribution is 7.99. The highest BCUT2D eigenvalue weighted by atomic mass is 32.2. The van der Waals surface area contributed by atoms with Crippen LogP contribution in [-0.2, 0) is 16.2 Å². The van der Waals surface area contributed by atoms with Gasteiger partial charge in [-0.3, -0.25) is 0 Å². The van der Waals surface area contributed by atoms with Gasteiger partial charge in [-0.1, -0.05) is 159 Å². The normalized spacial score (nSPS) is 27.0. The Bertz CT molecular complexity index is 3590. The number of fused-ring (bicyclic) bond motifs is 15. The van der Waals surface area contributed by atoms with E-state index in [9.17, 15) is 0 Å². The second-order valence-electron chi connectivity index (χ2n) is 21.3. The summed E-state index contributed by atoms with van der Waals surface area (Å²) in [6.07, 6.45) is 7.26. The Morgan fingerprint density at radius 2 is 1.23 bits per heavy atom. The van der Waals surface area contributed by atoms with Crippen molar-refractivity contribution in [2.45, 2.75) is 72.0 Å². The van der Waals surface area contributed by atoms with E-state index in [0.29, 0.717) is 10.8 Å². The topological polar surface area (TPSA) is 8.17 Å². The number of anilines is 3. The second-order valence-corrected chi connectivity index (χ2v) is 22.3. The van der Waals surface area contributed by atoms with Crippen LogP contribution in [0.25, 0.3) is 38.6 Å². The van der Waals surface area contributed by atoms with Gasteiger partial charge in [-0.05, 0) is 142 Å². The molecule has 6 atom stereocenters. The SMILES string of the molecule is CC1(C)c2ccccc2-c2c(N(c3ccc(C45CC6CC7CC(C4)C75C6)cc3)c3cccc4c3Sc3ccccc3C43c4ccccc4-n4c5ccccc5c5cccc3c54)cccc21. The molecule has 16 rings (SSSR count). The van der Waals surface area contributed by atoms with Crippen molar-refractivity contribution in [3.8, 4) is 16.8 Å². The number of aromatic nitrogens is 1. The molecule has 312 valence electrons. The monoisotopic (exact) mass is 852 g/mol. The number of benzene rings is 8. The van der Waals surface area contributed by atoms with Crippen LogP contribution in [0.3, 0.4) is 0 Å². The third-order valence-electron chi connectivity index (χ3n) is 18.7. The lowest BCUT2D eigenvalue weighted by Crippen LogP contribution is -2.68. The highest BCUT2D eigenvalue weighted by Crippen LogP contribution is 2.86. The van der Waals surface area contributed by atoms with Crippen LogP contribution in [-0.4, -0.2) is 4.57 Å². The number of hydrogen-bond donors (Lipinski definition) is 0. The van der Waals surface area contributed by atoms with Gasteiger partial charge < -0.3 is 9.47 Å². The van der Waals surface area contributed by atoms with E-state index in [1.807, 2.05) is 11.8 Å². The largest absolute Gasteiger partial charge is 0.309 e. The predicted molar refractivity (Wildman–Crippen MR) is 267 cm³/mol. The van der Waals surface area contributed by atoms with Gasteiger partial charge in [-0.15, -0.1) is 0 Å². The minimum absolute atomic E-state index is 0.116. The summed E-state index contributed by atoms with van der Waals surface area (Å²) in [5, 5.41) is 2.61. The summed E-state index contributed by atoms with van der Waals surface area (Å²) in [6, 6.07) is 68.3. The molecular weight excluding hydrogens is 805 g/mol. The van der Waals surface area contributed by atoms with Crippen LogP contribution in [0.2, 0.25) is 0 Å². The van der Waals surface area contributed by atoms with Crippen LogP contribution in [0.15, 0.2) is 186 Å². The van der Waals surface area contributed by atoms with Gasteiger partial charge in [0.2, 0.25) is 0 Å². The smallest absolute Gasteiger partial charge is 0.0765 e. The zero-order valence-corrected chi connectivity index (χ0v) is 37.6. The van der Waals surface area contributed by atoms with Crippen molar-refractivity contribution in [2.24, 2.45) is 23.2 Å². The van der Waals surface area contributed by atoms with Crippen LogP contribution < -0.4 is 4.90 Å². The summed E-state index contributed by atoms with van der Waals surface area (Å²) >= 11 is 1.96. The Labute approximate surface area is 385 Å². The van der Waals surface area contributed by atoms with Crippen molar-refractivity contribution >= 4 is 50.6 Å². The molecule has 7 aliphatic rings. The summed E-state index contributed by atoms with van der Waals surface area (Å²) in [6.45, 7) is 4.82. The van der Waals surface area contributed by atoms with Crippen molar-refractivity contribution < 1.29 is 0 Å². The van der Waals surface area contributed by atoms with E-state index in [-0.39, 0.29) is 5.41 Å². The average Bonchev–Trinajstić information content (AvgIpc) is 4.04. The van der Waals surface area contributed by atoms with Gasteiger partial charge in [0.15, 0.2) is 0 Å². The molecule has 6 unspecified atom stereocenters. The average molecular weight is 853 g/mol. The Kier molecular flexibility index (Phi) is 6.61. The quantitative estimate of drug-likeness (QED) is 0.174. The van der Waals surface area contributed by atoms with E-state index in [0.717, 1.165) is 17.8 Å². The molecular formula is C62H48N2S. The Morgan fingerprint density at radius 3 is 2.09 bits per heavy atom. The standard InChI is InChI=1S/C62H48N2S/c1-59(2)45-17-5-3-15-44(45)56-48(59)20-12-25-53(56)63(41-30-28-38(29-31-41)60-34-37-32-39-33-40(36-60)61(39,60)35-37)54-26-13-22-50-58(54)65-55-27-10-7-19-47(55)62(50)46-18-6-9-24-52(46)64-51-23-8-4-14-42(51)43-16-11-21-49(62)57(43)64/h3-31,37,39-40H,32-36H2,1-2H3. The molecule has 1 aromatic heterocycles. The minimum atomic E-state index is -0.559. The first kappa shape index (κ1) is 36.0. The maximum absolute atomic E-state index is 2.66. The second kappa shape index (κ2) is 11.9. The van der Waals surface area contributed by atoms with Gasteiger partial charge in [0, 0.05) is 42.6 Å². The van der Waals surface area contributed by atoms with E-state index < -0.39 is 5.41 Å². The van der Waals surface area contributed by atoms with Gasteiger partial charge >= 0.3 is 0 Å². The molecule has 2 bridgehead atoms. The molecule has 9 aromatic rings. The molecule has 0 amide bonds. The fourth-order valence-corrected chi connectivity index (χ4v) is 17.7. The molecule has 2 aliphatic heterocycles. The van der Waals surface area contributed by atoms with E-state index in [1.54, 1.807) is 5.56 Å². The Balaban J connectivity index is 0.980. The molecule has 65 heavy (non-hydrogen) atoms. The summed E-state index contributed by atoms with van der Waals surface area (Å²) < 4.78 is 2.56. The minimum Gasteiger partial charge on any atom is -0.309 e. The third kappa shape index (κ3) is 4.00. The van der Waals surface area contributed by atoms with Gasteiger partial charge in [0.1, 0.15) is 0 Å². The Hall–Kier alpha value is -6.29. The first-order valence-corrected chi connectivity index (χ1v) is 24.9. The molecule has 5 aliphatic carbocycles. The molecule has 3 heteroatoms. The van der Waals surface area contributed by atoms with Crippen molar-refractivity contribution in [2.75, 3.05) is 4.90 Å². The molecule has 2 spiro atoms. The van der Waals surface area contributed by atoms with Crippen molar-refractivity contribution in [3.63, 3.8) is 0 Å². The number of hydrogen-bond acceptors (Lipinski definition) is 2. The summed E-state index contributed by atoms with van der Waals surface area (Å²) in [4.78, 5) is 5.29. The summed E-state index contributed by atoms with van der Waals surface area (Å²) in [5.41, 5.74) is 20.3. The molecule has 0 saturated heterocycles. The maximum Gasteiger partial charge on any atom is 0.0765 e. The third-order valence-corrected chi connectivity index (χ3v) is 19.9. The number of para-hydroxylation sites is 3. The maximum atomic E-state index is 2.66. The van der Waals surface area contributed by atoms with Crippen LogP contribution in [0.4, 0.5) is 17.1 Å². The first-order valence-electron chi connectivity index (χ1n) is 24.1. The van der Waals surface area contributed by atoms with Gasteiger partial charge in [-0.25, -0.2) is 0 Å². The molecule has 2 nitrogen and oxygen atoms in total. The van der Waals surface area contributed by atoms with E-state index >= 15 is 0 Å². The zero-order chi connectivity index (χ0) is 42.6. The molecule has 8 aromatic carbocycles. The van der Waals surface area contributed by atoms with E-state index in [2.05, 4.69) is 199 Å². The predicted octanol–water partition coefficient (Wildman–Crippen LogP) is 15.8. The lowest BCUT2D eigenvalue weighted by atomic mass is 9.31. The first-order chi connectivity index (χ1) is 31.9. The Morgan fingerprint density at radius 1 is 0.538 bits per heavy atom. The van der Waals surface area contributed by atoms with Gasteiger partial charge in [-0.2, -0.15) is 0 Å². The van der Waals surface area contributed by atoms with Gasteiger partial charge in [0.25, 0.3) is 0 Å². The summed E-state index contributed by atoms with van der Waals surface area (Å²) in [5.74, 6) is 2.86. The molecule has 0 N–H and O–H groups in total. The highest BCUT2D eigenvalue weighted by Gasteiger charge is 2.80. The molecule has 4 fully saturated rings. The van der Waals surface area contributed by atoms with Crippen molar-refractivity contribution in [3.05, 3.63) is 215 Å².